The van der Waals surface area contributed by atoms with Gasteiger partial charge in [-0.25, -0.2) is 4.98 Å². The van der Waals surface area contributed by atoms with Crippen LogP contribution in [0.15, 0.2) is 58.0 Å². The lowest BCUT2D eigenvalue weighted by Crippen LogP contribution is -2.23. The summed E-state index contributed by atoms with van der Waals surface area (Å²) in [5.41, 5.74) is 1.21. The number of para-hydroxylation sites is 1. The summed E-state index contributed by atoms with van der Waals surface area (Å²) in [7, 11) is 0. The molecule has 0 aliphatic carbocycles. The monoisotopic (exact) mass is 374 g/mol. The molecule has 0 radical (unpaired) electrons. The van der Waals surface area contributed by atoms with Gasteiger partial charge in [-0.05, 0) is 30.3 Å². The Morgan fingerprint density at radius 1 is 1.16 bits per heavy atom. The van der Waals surface area contributed by atoms with Crippen molar-refractivity contribution in [2.75, 3.05) is 6.61 Å². The molecule has 0 bridgehead atoms. The van der Waals surface area contributed by atoms with Gasteiger partial charge in [0.1, 0.15) is 23.5 Å². The molecule has 0 spiro atoms. The third-order valence-electron chi connectivity index (χ3n) is 3.83. The molecular weight excluding hydrogens is 363 g/mol. The third-order valence-corrected chi connectivity index (χ3v) is 4.36. The quantitative estimate of drug-likeness (QED) is 0.526. The van der Waals surface area contributed by atoms with Gasteiger partial charge in [-0.15, -0.1) is 0 Å². The summed E-state index contributed by atoms with van der Waals surface area (Å²) in [6, 6.07) is 12.4. The summed E-state index contributed by atoms with van der Waals surface area (Å²) in [5, 5.41) is 1.78. The number of halogens is 2. The lowest BCUT2D eigenvalue weighted by molar-refractivity contribution is 0.296. The lowest BCUT2D eigenvalue weighted by Gasteiger charge is -2.09. The maximum atomic E-state index is 12.6. The zero-order chi connectivity index (χ0) is 17.4. The highest BCUT2D eigenvalue weighted by Gasteiger charge is 2.13. The Balaban J connectivity index is 1.58. The molecule has 25 heavy (non-hydrogen) atoms. The van der Waals surface area contributed by atoms with Crippen molar-refractivity contribution in [3.05, 3.63) is 69.2 Å². The van der Waals surface area contributed by atoms with Gasteiger partial charge >= 0.3 is 0 Å². The van der Waals surface area contributed by atoms with E-state index < -0.39 is 0 Å². The van der Waals surface area contributed by atoms with Crippen molar-refractivity contribution >= 4 is 45.3 Å². The average Bonchev–Trinajstić information content (AvgIpc) is 2.98. The standard InChI is InChI=1S/C18H12Cl2N2O3/c19-11-5-6-15(13(20)9-11)24-8-7-22-10-21-16-12-3-1-2-4-14(12)25-17(16)18(22)23/h1-6,9-10H,7-8H2. The van der Waals surface area contributed by atoms with Gasteiger partial charge in [0.15, 0.2) is 0 Å². The third kappa shape index (κ3) is 2.97. The highest BCUT2D eigenvalue weighted by atomic mass is 35.5. The van der Waals surface area contributed by atoms with Crippen LogP contribution in [0.4, 0.5) is 0 Å². The van der Waals surface area contributed by atoms with E-state index in [1.165, 1.54) is 10.9 Å². The van der Waals surface area contributed by atoms with Crippen molar-refractivity contribution in [2.45, 2.75) is 6.54 Å². The second-order valence-corrected chi connectivity index (χ2v) is 6.29. The first-order chi connectivity index (χ1) is 12.1. The van der Waals surface area contributed by atoms with E-state index in [0.29, 0.717) is 33.4 Å². The molecule has 0 unspecified atom stereocenters. The van der Waals surface area contributed by atoms with Crippen molar-refractivity contribution in [1.29, 1.82) is 0 Å². The van der Waals surface area contributed by atoms with Crippen molar-refractivity contribution in [2.24, 2.45) is 0 Å². The van der Waals surface area contributed by atoms with Gasteiger partial charge < -0.3 is 9.15 Å². The van der Waals surface area contributed by atoms with Crippen LogP contribution in [0, 0.1) is 0 Å². The Morgan fingerprint density at radius 3 is 2.84 bits per heavy atom. The molecule has 5 nitrogen and oxygen atoms in total. The Hall–Kier alpha value is -2.50. The maximum Gasteiger partial charge on any atom is 0.297 e. The molecule has 2 heterocycles. The average molecular weight is 375 g/mol. The largest absolute Gasteiger partial charge is 0.490 e. The van der Waals surface area contributed by atoms with Crippen LogP contribution in [0.3, 0.4) is 0 Å². The predicted octanol–water partition coefficient (Wildman–Crippen LogP) is 4.53. The number of hydrogen-bond acceptors (Lipinski definition) is 4. The predicted molar refractivity (Wildman–Crippen MR) is 97.7 cm³/mol. The zero-order valence-corrected chi connectivity index (χ0v) is 14.4. The van der Waals surface area contributed by atoms with Gasteiger partial charge in [0.05, 0.1) is 17.9 Å². The van der Waals surface area contributed by atoms with Crippen LogP contribution in [0.5, 0.6) is 5.75 Å². The summed E-state index contributed by atoms with van der Waals surface area (Å²) in [6.07, 6.45) is 1.50. The van der Waals surface area contributed by atoms with E-state index in [1.54, 1.807) is 18.2 Å². The molecule has 4 rings (SSSR count). The molecule has 0 fully saturated rings. The molecule has 4 aromatic rings. The van der Waals surface area contributed by atoms with Gasteiger partial charge in [0.2, 0.25) is 5.58 Å². The van der Waals surface area contributed by atoms with Crippen molar-refractivity contribution in [3.63, 3.8) is 0 Å². The first-order valence-corrected chi connectivity index (χ1v) is 8.33. The normalized spacial score (nSPS) is 11.3. The van der Waals surface area contributed by atoms with Crippen LogP contribution >= 0.6 is 23.2 Å². The van der Waals surface area contributed by atoms with Gasteiger partial charge in [-0.1, -0.05) is 35.3 Å². The van der Waals surface area contributed by atoms with E-state index in [-0.39, 0.29) is 17.7 Å². The molecule has 2 aromatic carbocycles. The smallest absolute Gasteiger partial charge is 0.297 e. The van der Waals surface area contributed by atoms with E-state index in [0.717, 1.165) is 5.39 Å². The van der Waals surface area contributed by atoms with E-state index >= 15 is 0 Å². The van der Waals surface area contributed by atoms with Crippen LogP contribution in [-0.2, 0) is 6.54 Å². The lowest BCUT2D eigenvalue weighted by atomic mass is 10.2. The SMILES string of the molecule is O=c1c2oc3ccccc3c2ncn1CCOc1ccc(Cl)cc1Cl. The van der Waals surface area contributed by atoms with Crippen LogP contribution in [0.25, 0.3) is 22.1 Å². The Bertz CT molecular complexity index is 1130. The molecule has 0 amide bonds. The second-order valence-electron chi connectivity index (χ2n) is 5.44. The van der Waals surface area contributed by atoms with Crippen LogP contribution in [-0.4, -0.2) is 16.2 Å². The van der Waals surface area contributed by atoms with Gasteiger partial charge in [0, 0.05) is 10.4 Å². The summed E-state index contributed by atoms with van der Waals surface area (Å²) < 4.78 is 12.7. The number of aromatic nitrogens is 2. The van der Waals surface area contributed by atoms with E-state index in [4.69, 9.17) is 32.4 Å². The molecule has 0 aliphatic heterocycles. The van der Waals surface area contributed by atoms with E-state index in [1.807, 2.05) is 24.3 Å². The fourth-order valence-corrected chi connectivity index (χ4v) is 3.08. The molecule has 0 saturated carbocycles. The second kappa shape index (κ2) is 6.43. The molecule has 0 aliphatic rings. The van der Waals surface area contributed by atoms with Gasteiger partial charge in [0.25, 0.3) is 5.56 Å². The van der Waals surface area contributed by atoms with E-state index in [9.17, 15) is 4.79 Å². The Kier molecular flexibility index (Phi) is 4.11. The molecule has 126 valence electrons. The first kappa shape index (κ1) is 16.0. The highest BCUT2D eigenvalue weighted by molar-refractivity contribution is 6.35. The Labute approximate surface area is 152 Å². The first-order valence-electron chi connectivity index (χ1n) is 7.58. The highest BCUT2D eigenvalue weighted by Crippen LogP contribution is 2.27. The summed E-state index contributed by atoms with van der Waals surface area (Å²) >= 11 is 11.9. The summed E-state index contributed by atoms with van der Waals surface area (Å²) in [6.45, 7) is 0.576. The fourth-order valence-electron chi connectivity index (χ4n) is 2.62. The minimum atomic E-state index is -0.244. The number of ether oxygens (including phenoxy) is 1. The fraction of sp³-hybridized carbons (Fsp3) is 0.111. The van der Waals surface area contributed by atoms with Gasteiger partial charge in [-0.3, -0.25) is 9.36 Å². The van der Waals surface area contributed by atoms with Crippen LogP contribution < -0.4 is 10.3 Å². The molecule has 0 N–H and O–H groups in total. The van der Waals surface area contributed by atoms with E-state index in [2.05, 4.69) is 4.98 Å². The number of benzene rings is 2. The Morgan fingerprint density at radius 2 is 2.00 bits per heavy atom. The van der Waals surface area contributed by atoms with Crippen LogP contribution in [0.2, 0.25) is 10.0 Å². The number of fused-ring (bicyclic) bond motifs is 3. The summed E-state index contributed by atoms with van der Waals surface area (Å²) in [4.78, 5) is 16.9. The number of nitrogens with zero attached hydrogens (tertiary/aromatic N) is 2. The molecule has 2 aromatic heterocycles. The summed E-state index contributed by atoms with van der Waals surface area (Å²) in [5.74, 6) is 0.511. The minimum absolute atomic E-state index is 0.244. The number of furan rings is 1. The molecule has 0 saturated heterocycles. The molecule has 7 heteroatoms. The minimum Gasteiger partial charge on any atom is -0.490 e. The van der Waals surface area contributed by atoms with Gasteiger partial charge in [-0.2, -0.15) is 0 Å². The zero-order valence-electron chi connectivity index (χ0n) is 12.9. The molecule has 0 atom stereocenters. The van der Waals surface area contributed by atoms with Crippen LogP contribution in [0.1, 0.15) is 0 Å². The molecular formula is C18H12Cl2N2O3. The topological polar surface area (TPSA) is 57.3 Å². The number of rotatable bonds is 4. The van der Waals surface area contributed by atoms with Crippen molar-refractivity contribution < 1.29 is 9.15 Å². The maximum absolute atomic E-state index is 12.6. The van der Waals surface area contributed by atoms with Crippen molar-refractivity contribution in [1.82, 2.24) is 9.55 Å². The van der Waals surface area contributed by atoms with Crippen molar-refractivity contribution in [3.8, 4) is 5.75 Å². The number of hydrogen-bond donors (Lipinski definition) is 0.